The van der Waals surface area contributed by atoms with Crippen LogP contribution in [0, 0.1) is 0 Å². The summed E-state index contributed by atoms with van der Waals surface area (Å²) in [5, 5.41) is 0. The van der Waals surface area contributed by atoms with Crippen molar-refractivity contribution in [3.8, 4) is 0 Å². The van der Waals surface area contributed by atoms with Gasteiger partial charge in [0.2, 0.25) is 0 Å². The smallest absolute Gasteiger partial charge is 0.165 e. The highest BCUT2D eigenvalue weighted by Crippen LogP contribution is 2.39. The summed E-state index contributed by atoms with van der Waals surface area (Å²) in [4.78, 5) is 11.7. The molecule has 76 valence electrons. The second kappa shape index (κ2) is 3.87. The van der Waals surface area contributed by atoms with Crippen LogP contribution in [0.25, 0.3) is 0 Å². The van der Waals surface area contributed by atoms with Gasteiger partial charge in [0.25, 0.3) is 0 Å². The number of hydrogen-bond acceptors (Lipinski definition) is 3. The van der Waals surface area contributed by atoms with E-state index in [0.29, 0.717) is 6.42 Å². The first-order chi connectivity index (χ1) is 6.61. The SMILES string of the molecule is CS(=O)c1sc(Br)c2c1C(=O)CCC2. The van der Waals surface area contributed by atoms with Gasteiger partial charge >= 0.3 is 0 Å². The van der Waals surface area contributed by atoms with Gasteiger partial charge in [0, 0.05) is 18.2 Å². The molecule has 5 heteroatoms. The highest BCUT2D eigenvalue weighted by molar-refractivity contribution is 9.11. The van der Waals surface area contributed by atoms with Crippen LogP contribution in [0.5, 0.6) is 0 Å². The molecular formula is C9H9BrO2S2. The normalized spacial score (nSPS) is 18.0. The maximum absolute atomic E-state index is 11.7. The monoisotopic (exact) mass is 292 g/mol. The first-order valence-corrected chi connectivity index (χ1v) is 7.46. The van der Waals surface area contributed by atoms with Gasteiger partial charge in [-0.15, -0.1) is 11.3 Å². The Labute approximate surface area is 97.3 Å². The van der Waals surface area contributed by atoms with Gasteiger partial charge in [-0.2, -0.15) is 0 Å². The van der Waals surface area contributed by atoms with Crippen LogP contribution in [-0.2, 0) is 17.2 Å². The molecule has 1 heterocycles. The Bertz CT molecular complexity index is 423. The molecule has 0 fully saturated rings. The molecule has 0 N–H and O–H groups in total. The van der Waals surface area contributed by atoms with Crippen molar-refractivity contribution in [2.75, 3.05) is 6.26 Å². The molecule has 1 aromatic heterocycles. The Hall–Kier alpha value is -0.0000000000000000555. The van der Waals surface area contributed by atoms with Gasteiger partial charge in [-0.05, 0) is 34.3 Å². The van der Waals surface area contributed by atoms with E-state index in [9.17, 15) is 9.00 Å². The summed E-state index contributed by atoms with van der Waals surface area (Å²) in [6.07, 6.45) is 4.06. The van der Waals surface area contributed by atoms with E-state index in [2.05, 4.69) is 15.9 Å². The van der Waals surface area contributed by atoms with Crippen molar-refractivity contribution < 1.29 is 9.00 Å². The van der Waals surface area contributed by atoms with Crippen molar-refractivity contribution >= 4 is 43.8 Å². The highest BCUT2D eigenvalue weighted by Gasteiger charge is 2.27. The second-order valence-corrected chi connectivity index (χ2v) is 7.16. The summed E-state index contributed by atoms with van der Waals surface area (Å²) in [5.41, 5.74) is 1.80. The molecule has 2 rings (SSSR count). The Morgan fingerprint density at radius 2 is 2.14 bits per heavy atom. The number of rotatable bonds is 1. The number of carbonyl (C=O) groups is 1. The third-order valence-electron chi connectivity index (χ3n) is 2.30. The predicted molar refractivity (Wildman–Crippen MR) is 61.6 cm³/mol. The standard InChI is InChI=1S/C9H9BrO2S2/c1-14(12)9-7-5(8(10)13-9)3-2-4-6(7)11/h2-4H2,1H3. The van der Waals surface area contributed by atoms with Gasteiger partial charge in [0.15, 0.2) is 5.78 Å². The molecule has 0 bridgehead atoms. The number of Topliss-reactive ketones (excluding diaryl/α,β-unsaturated/α-hetero) is 1. The van der Waals surface area contributed by atoms with E-state index in [-0.39, 0.29) is 5.78 Å². The maximum atomic E-state index is 11.7. The number of fused-ring (bicyclic) bond motifs is 1. The highest BCUT2D eigenvalue weighted by atomic mass is 79.9. The van der Waals surface area contributed by atoms with Gasteiger partial charge in [-0.3, -0.25) is 9.00 Å². The Morgan fingerprint density at radius 3 is 2.79 bits per heavy atom. The summed E-state index contributed by atoms with van der Waals surface area (Å²) in [5.74, 6) is 0.151. The van der Waals surface area contributed by atoms with Gasteiger partial charge < -0.3 is 0 Å². The molecule has 0 saturated heterocycles. The number of hydrogen-bond donors (Lipinski definition) is 0. The van der Waals surface area contributed by atoms with E-state index < -0.39 is 10.8 Å². The number of ketones is 1. The minimum absolute atomic E-state index is 0.151. The summed E-state index contributed by atoms with van der Waals surface area (Å²) >= 11 is 4.87. The van der Waals surface area contributed by atoms with E-state index >= 15 is 0 Å². The molecule has 1 unspecified atom stereocenters. The lowest BCUT2D eigenvalue weighted by Gasteiger charge is -2.11. The van der Waals surface area contributed by atoms with Crippen LogP contribution in [0.3, 0.4) is 0 Å². The van der Waals surface area contributed by atoms with Gasteiger partial charge in [0.1, 0.15) is 4.21 Å². The summed E-state index contributed by atoms with van der Waals surface area (Å²) < 4.78 is 13.1. The van der Waals surface area contributed by atoms with Crippen LogP contribution in [0.2, 0.25) is 0 Å². The fourth-order valence-corrected chi connectivity index (χ4v) is 4.95. The van der Waals surface area contributed by atoms with Gasteiger partial charge in [-0.25, -0.2) is 0 Å². The molecule has 0 saturated carbocycles. The summed E-state index contributed by atoms with van der Waals surface area (Å²) in [7, 11) is -1.05. The number of carbonyl (C=O) groups excluding carboxylic acids is 1. The third kappa shape index (κ3) is 1.61. The van der Waals surface area contributed by atoms with E-state index in [1.54, 1.807) is 6.26 Å². The quantitative estimate of drug-likeness (QED) is 0.798. The zero-order valence-corrected chi connectivity index (χ0v) is 10.9. The van der Waals surface area contributed by atoms with Crippen LogP contribution in [0.1, 0.15) is 28.8 Å². The molecular weight excluding hydrogens is 284 g/mol. The molecule has 2 nitrogen and oxygen atoms in total. The third-order valence-corrected chi connectivity index (χ3v) is 5.76. The minimum Gasteiger partial charge on any atom is -0.294 e. The molecule has 0 radical (unpaired) electrons. The van der Waals surface area contributed by atoms with Crippen LogP contribution in [-0.4, -0.2) is 16.2 Å². The maximum Gasteiger partial charge on any atom is 0.165 e. The van der Waals surface area contributed by atoms with Crippen molar-refractivity contribution in [2.24, 2.45) is 0 Å². The molecule has 0 aliphatic heterocycles. The van der Waals surface area contributed by atoms with Gasteiger partial charge in [-0.1, -0.05) is 0 Å². The summed E-state index contributed by atoms with van der Waals surface area (Å²) in [6, 6.07) is 0. The van der Waals surface area contributed by atoms with E-state index in [4.69, 9.17) is 0 Å². The number of thiophene rings is 1. The Kier molecular flexibility index (Phi) is 2.91. The van der Waals surface area contributed by atoms with E-state index in [0.717, 1.165) is 32.0 Å². The lowest BCUT2D eigenvalue weighted by Crippen LogP contribution is -2.10. The Balaban J connectivity index is 2.65. The topological polar surface area (TPSA) is 34.1 Å². The zero-order chi connectivity index (χ0) is 10.3. The Morgan fingerprint density at radius 1 is 1.43 bits per heavy atom. The second-order valence-electron chi connectivity index (χ2n) is 3.25. The molecule has 14 heavy (non-hydrogen) atoms. The van der Waals surface area contributed by atoms with Crippen LogP contribution >= 0.6 is 27.3 Å². The van der Waals surface area contributed by atoms with Crippen LogP contribution in [0.15, 0.2) is 8.00 Å². The lowest BCUT2D eigenvalue weighted by molar-refractivity contribution is 0.0970. The van der Waals surface area contributed by atoms with Crippen molar-refractivity contribution in [3.05, 3.63) is 14.9 Å². The average molecular weight is 293 g/mol. The van der Waals surface area contributed by atoms with Crippen molar-refractivity contribution in [1.82, 2.24) is 0 Å². The molecule has 1 aromatic rings. The molecule has 1 atom stereocenters. The van der Waals surface area contributed by atoms with Crippen LogP contribution in [0.4, 0.5) is 0 Å². The predicted octanol–water partition coefficient (Wildman–Crippen LogP) is 2.77. The largest absolute Gasteiger partial charge is 0.294 e. The van der Waals surface area contributed by atoms with Crippen LogP contribution < -0.4 is 0 Å². The molecule has 0 aromatic carbocycles. The molecule has 1 aliphatic carbocycles. The van der Waals surface area contributed by atoms with E-state index in [1.807, 2.05) is 0 Å². The molecule has 0 spiro atoms. The zero-order valence-electron chi connectivity index (χ0n) is 7.63. The first-order valence-electron chi connectivity index (χ1n) is 4.29. The van der Waals surface area contributed by atoms with Gasteiger partial charge in [0.05, 0.1) is 14.6 Å². The van der Waals surface area contributed by atoms with Crippen molar-refractivity contribution in [1.29, 1.82) is 0 Å². The molecule has 1 aliphatic rings. The van der Waals surface area contributed by atoms with Crippen molar-refractivity contribution in [3.63, 3.8) is 0 Å². The fraction of sp³-hybridized carbons (Fsp3) is 0.444. The average Bonchev–Trinajstić information content (AvgIpc) is 2.46. The fourth-order valence-electron chi connectivity index (χ4n) is 1.67. The minimum atomic E-state index is -1.05. The lowest BCUT2D eigenvalue weighted by atomic mass is 9.95. The summed E-state index contributed by atoms with van der Waals surface area (Å²) in [6.45, 7) is 0. The molecule has 0 amide bonds. The number of halogens is 1. The van der Waals surface area contributed by atoms with Crippen molar-refractivity contribution in [2.45, 2.75) is 23.5 Å². The first kappa shape index (κ1) is 10.5. The van der Waals surface area contributed by atoms with E-state index in [1.165, 1.54) is 11.3 Å².